The summed E-state index contributed by atoms with van der Waals surface area (Å²) in [5.74, 6) is 2.72. The van der Waals surface area contributed by atoms with Crippen molar-refractivity contribution in [3.05, 3.63) is 41.5 Å². The van der Waals surface area contributed by atoms with Gasteiger partial charge in [-0.1, -0.05) is 6.07 Å². The predicted molar refractivity (Wildman–Crippen MR) is 100 cm³/mol. The topological polar surface area (TPSA) is 42.0 Å². The molecule has 2 aromatic heterocycles. The molecule has 2 aromatic rings. The van der Waals surface area contributed by atoms with Gasteiger partial charge in [-0.25, -0.2) is 0 Å². The Morgan fingerprint density at radius 2 is 1.88 bits per heavy atom. The van der Waals surface area contributed by atoms with E-state index in [1.54, 1.807) is 11.3 Å². The fraction of sp³-hybridized carbons (Fsp3) is 0.524. The lowest BCUT2D eigenvalue weighted by Crippen LogP contribution is -2.53. The number of pyridine rings is 1. The number of nitrogens with zero attached hydrogens (tertiary/aromatic N) is 1. The van der Waals surface area contributed by atoms with E-state index >= 15 is 0 Å². The van der Waals surface area contributed by atoms with Crippen LogP contribution >= 0.6 is 11.3 Å². The number of hydrogen-bond donors (Lipinski definition) is 1. The molecule has 1 N–H and O–H groups in total. The second-order valence-corrected chi connectivity index (χ2v) is 9.39. The maximum atomic E-state index is 13.1. The smallest absolute Gasteiger partial charge is 0.226 e. The average Bonchev–Trinajstić information content (AvgIpc) is 3.13. The summed E-state index contributed by atoms with van der Waals surface area (Å²) in [6, 6.07) is 6.32. The number of aromatic nitrogens is 1. The fourth-order valence-corrected chi connectivity index (χ4v) is 6.63. The van der Waals surface area contributed by atoms with Gasteiger partial charge in [0.15, 0.2) is 0 Å². The first-order chi connectivity index (χ1) is 12.2. The Bertz CT molecular complexity index is 748. The van der Waals surface area contributed by atoms with E-state index in [1.165, 1.54) is 24.1 Å². The van der Waals surface area contributed by atoms with Crippen molar-refractivity contribution in [1.82, 2.24) is 10.3 Å². The van der Waals surface area contributed by atoms with E-state index in [-0.39, 0.29) is 5.41 Å². The van der Waals surface area contributed by atoms with Crippen molar-refractivity contribution >= 4 is 17.2 Å². The third kappa shape index (κ3) is 2.80. The molecule has 4 aliphatic carbocycles. The Morgan fingerprint density at radius 3 is 2.52 bits per heavy atom. The molecule has 1 amide bonds. The molecule has 3 nitrogen and oxygen atoms in total. The van der Waals surface area contributed by atoms with Crippen molar-refractivity contribution in [3.8, 4) is 10.4 Å². The van der Waals surface area contributed by atoms with E-state index in [1.807, 2.05) is 12.4 Å². The van der Waals surface area contributed by atoms with Crippen LogP contribution in [0.25, 0.3) is 10.4 Å². The van der Waals surface area contributed by atoms with Crippen molar-refractivity contribution in [3.63, 3.8) is 0 Å². The molecule has 0 spiro atoms. The Morgan fingerprint density at radius 1 is 1.16 bits per heavy atom. The highest BCUT2D eigenvalue weighted by molar-refractivity contribution is 7.13. The molecular formula is C21H24N2OS. The van der Waals surface area contributed by atoms with E-state index in [9.17, 15) is 4.79 Å². The molecule has 0 unspecified atom stereocenters. The zero-order chi connectivity index (χ0) is 16.9. The van der Waals surface area contributed by atoms with Crippen molar-refractivity contribution in [2.24, 2.45) is 23.2 Å². The minimum absolute atomic E-state index is 0.0620. The van der Waals surface area contributed by atoms with Crippen LogP contribution in [-0.2, 0) is 11.3 Å². The second kappa shape index (κ2) is 5.94. The van der Waals surface area contributed by atoms with Crippen molar-refractivity contribution < 1.29 is 4.79 Å². The molecule has 0 radical (unpaired) electrons. The van der Waals surface area contributed by atoms with E-state index in [4.69, 9.17) is 0 Å². The Hall–Kier alpha value is -1.68. The van der Waals surface area contributed by atoms with E-state index in [2.05, 4.69) is 33.9 Å². The summed E-state index contributed by atoms with van der Waals surface area (Å²) in [7, 11) is 0. The van der Waals surface area contributed by atoms with E-state index in [0.29, 0.717) is 12.5 Å². The first kappa shape index (κ1) is 15.6. The molecule has 4 saturated carbocycles. The highest BCUT2D eigenvalue weighted by Crippen LogP contribution is 2.60. The molecule has 130 valence electrons. The third-order valence-electron chi connectivity index (χ3n) is 6.57. The van der Waals surface area contributed by atoms with Crippen LogP contribution in [0.4, 0.5) is 0 Å². The molecule has 0 aromatic carbocycles. The SMILES string of the molecule is O=C(NCc1cncc(-c2cccs2)c1)C12CC3CC(CC(C3)C1)C2. The zero-order valence-corrected chi connectivity index (χ0v) is 15.2. The molecule has 25 heavy (non-hydrogen) atoms. The van der Waals surface area contributed by atoms with Crippen molar-refractivity contribution in [2.75, 3.05) is 0 Å². The van der Waals surface area contributed by atoms with Gasteiger partial charge in [0.05, 0.1) is 0 Å². The Labute approximate surface area is 152 Å². The van der Waals surface area contributed by atoms with Gasteiger partial charge >= 0.3 is 0 Å². The van der Waals surface area contributed by atoms with Gasteiger partial charge in [0.25, 0.3) is 0 Å². The normalized spacial score (nSPS) is 32.7. The highest BCUT2D eigenvalue weighted by atomic mass is 32.1. The van der Waals surface area contributed by atoms with Gasteiger partial charge in [-0.15, -0.1) is 11.3 Å². The first-order valence-corrected chi connectivity index (χ1v) is 10.3. The molecule has 0 atom stereocenters. The number of nitrogens with one attached hydrogen (secondary N) is 1. The van der Waals surface area contributed by atoms with Gasteiger partial charge in [0.2, 0.25) is 5.91 Å². The van der Waals surface area contributed by atoms with Crippen LogP contribution in [0.5, 0.6) is 0 Å². The molecule has 0 aliphatic heterocycles. The second-order valence-electron chi connectivity index (χ2n) is 8.44. The molecule has 0 saturated heterocycles. The van der Waals surface area contributed by atoms with Crippen LogP contribution in [0.1, 0.15) is 44.1 Å². The minimum atomic E-state index is -0.0620. The first-order valence-electron chi connectivity index (χ1n) is 9.46. The summed E-state index contributed by atoms with van der Waals surface area (Å²) < 4.78 is 0. The lowest BCUT2D eigenvalue weighted by Gasteiger charge is -2.55. The largest absolute Gasteiger partial charge is 0.351 e. The summed E-state index contributed by atoms with van der Waals surface area (Å²) >= 11 is 1.72. The molecular weight excluding hydrogens is 328 g/mol. The number of thiophene rings is 1. The summed E-state index contributed by atoms with van der Waals surface area (Å²) in [5, 5.41) is 5.33. The monoisotopic (exact) mass is 352 g/mol. The van der Waals surface area contributed by atoms with Crippen LogP contribution < -0.4 is 5.32 Å². The maximum absolute atomic E-state index is 13.1. The number of rotatable bonds is 4. The van der Waals surface area contributed by atoms with Crippen molar-refractivity contribution in [1.29, 1.82) is 0 Å². The van der Waals surface area contributed by atoms with Crippen LogP contribution in [0.3, 0.4) is 0 Å². The number of carbonyl (C=O) groups excluding carboxylic acids is 1. The van der Waals surface area contributed by atoms with Gasteiger partial charge in [-0.05, 0) is 79.4 Å². The maximum Gasteiger partial charge on any atom is 0.226 e. The van der Waals surface area contributed by atoms with E-state index < -0.39 is 0 Å². The van der Waals surface area contributed by atoms with Gasteiger partial charge in [-0.3, -0.25) is 9.78 Å². The summed E-state index contributed by atoms with van der Waals surface area (Å²) in [6.45, 7) is 0.590. The fourth-order valence-electron chi connectivity index (χ4n) is 5.92. The summed E-state index contributed by atoms with van der Waals surface area (Å²) in [6.07, 6.45) is 11.3. The number of carbonyl (C=O) groups is 1. The van der Waals surface area contributed by atoms with Gasteiger partial charge in [-0.2, -0.15) is 0 Å². The summed E-state index contributed by atoms with van der Waals surface area (Å²) in [5.41, 5.74) is 2.16. The van der Waals surface area contributed by atoms with Gasteiger partial charge in [0.1, 0.15) is 0 Å². The molecule has 6 rings (SSSR count). The number of hydrogen-bond acceptors (Lipinski definition) is 3. The summed E-state index contributed by atoms with van der Waals surface area (Å²) in [4.78, 5) is 18.6. The Kier molecular flexibility index (Phi) is 3.70. The molecule has 4 fully saturated rings. The van der Waals surface area contributed by atoms with Crippen LogP contribution in [0.15, 0.2) is 36.0 Å². The molecule has 4 bridgehead atoms. The molecule has 2 heterocycles. The third-order valence-corrected chi connectivity index (χ3v) is 7.49. The molecule has 4 heteroatoms. The lowest BCUT2D eigenvalue weighted by atomic mass is 9.49. The van der Waals surface area contributed by atoms with E-state index in [0.717, 1.165) is 48.1 Å². The number of amides is 1. The van der Waals surface area contributed by atoms with Gasteiger partial charge < -0.3 is 5.32 Å². The quantitative estimate of drug-likeness (QED) is 0.871. The van der Waals surface area contributed by atoms with Crippen LogP contribution in [0.2, 0.25) is 0 Å². The minimum Gasteiger partial charge on any atom is -0.351 e. The highest BCUT2D eigenvalue weighted by Gasteiger charge is 2.54. The standard InChI is InChI=1S/C21H24N2OS/c24-20(21-8-14-4-15(9-21)6-16(5-14)10-21)23-12-17-7-18(13-22-11-17)19-2-1-3-25-19/h1-3,7,11,13-16H,4-6,8-10,12H2,(H,23,24). The van der Waals surface area contributed by atoms with Gasteiger partial charge in [0, 0.05) is 34.8 Å². The van der Waals surface area contributed by atoms with Crippen LogP contribution in [-0.4, -0.2) is 10.9 Å². The van der Waals surface area contributed by atoms with Crippen molar-refractivity contribution in [2.45, 2.75) is 45.1 Å². The zero-order valence-electron chi connectivity index (χ0n) is 14.4. The molecule has 4 aliphatic rings. The lowest BCUT2D eigenvalue weighted by molar-refractivity contribution is -0.146. The van der Waals surface area contributed by atoms with Crippen LogP contribution in [0, 0.1) is 23.2 Å². The predicted octanol–water partition coefficient (Wildman–Crippen LogP) is 4.64. The average molecular weight is 353 g/mol. The Balaban J connectivity index is 1.29.